The second-order valence-corrected chi connectivity index (χ2v) is 5.42. The Labute approximate surface area is 132 Å². The Morgan fingerprint density at radius 3 is 2.62 bits per heavy atom. The van der Waals surface area contributed by atoms with Gasteiger partial charge in [0.15, 0.2) is 5.75 Å². The molecule has 2 rings (SSSR count). The number of phenols is 1. The lowest BCUT2D eigenvalue weighted by molar-refractivity contribution is -0.116. The summed E-state index contributed by atoms with van der Waals surface area (Å²) in [6.07, 6.45) is 4.68. The van der Waals surface area contributed by atoms with Crippen LogP contribution in [0.25, 0.3) is 0 Å². The van der Waals surface area contributed by atoms with Crippen LogP contribution in [0.2, 0.25) is 10.0 Å². The zero-order valence-corrected chi connectivity index (χ0v) is 12.9. The van der Waals surface area contributed by atoms with Crippen LogP contribution in [0.1, 0.15) is 18.7 Å². The summed E-state index contributed by atoms with van der Waals surface area (Å²) < 4.78 is 1.99. The SMILES string of the molecule is Cc1nccn1CCCC(=O)Nc1cc(Cl)c(O)c(Cl)c1. The van der Waals surface area contributed by atoms with E-state index in [1.54, 1.807) is 6.20 Å². The van der Waals surface area contributed by atoms with Crippen molar-refractivity contribution in [3.63, 3.8) is 0 Å². The number of hydrogen-bond acceptors (Lipinski definition) is 3. The Bertz CT molecular complexity index is 632. The third kappa shape index (κ3) is 4.12. The molecule has 0 spiro atoms. The van der Waals surface area contributed by atoms with Crippen LogP contribution in [0.15, 0.2) is 24.5 Å². The lowest BCUT2D eigenvalue weighted by Crippen LogP contribution is -2.12. The molecule has 5 nitrogen and oxygen atoms in total. The number of hydrogen-bond donors (Lipinski definition) is 2. The Morgan fingerprint density at radius 2 is 2.05 bits per heavy atom. The fourth-order valence-corrected chi connectivity index (χ4v) is 2.40. The predicted octanol–water partition coefficient (Wildman–Crippen LogP) is 3.62. The minimum absolute atomic E-state index is 0.104. The van der Waals surface area contributed by atoms with Crippen LogP contribution < -0.4 is 5.32 Å². The molecule has 0 unspecified atom stereocenters. The first kappa shape index (κ1) is 15.7. The van der Waals surface area contributed by atoms with E-state index in [9.17, 15) is 9.90 Å². The topological polar surface area (TPSA) is 67.2 Å². The van der Waals surface area contributed by atoms with Gasteiger partial charge in [0.25, 0.3) is 0 Å². The van der Waals surface area contributed by atoms with Crippen molar-refractivity contribution >= 4 is 34.8 Å². The maximum absolute atomic E-state index is 11.8. The first-order valence-corrected chi connectivity index (χ1v) is 7.18. The van der Waals surface area contributed by atoms with Gasteiger partial charge in [-0.15, -0.1) is 0 Å². The van der Waals surface area contributed by atoms with Gasteiger partial charge in [-0.05, 0) is 25.5 Å². The van der Waals surface area contributed by atoms with Crippen LogP contribution in [0, 0.1) is 6.92 Å². The van der Waals surface area contributed by atoms with Gasteiger partial charge in [0, 0.05) is 31.0 Å². The van der Waals surface area contributed by atoms with Gasteiger partial charge < -0.3 is 15.0 Å². The summed E-state index contributed by atoms with van der Waals surface area (Å²) in [5.41, 5.74) is 0.464. The molecular formula is C14H15Cl2N3O2. The van der Waals surface area contributed by atoms with Gasteiger partial charge in [-0.3, -0.25) is 4.79 Å². The van der Waals surface area contributed by atoms with Gasteiger partial charge in [0.1, 0.15) is 5.82 Å². The average Bonchev–Trinajstić information content (AvgIpc) is 2.81. The molecule has 0 aliphatic rings. The van der Waals surface area contributed by atoms with Crippen LogP contribution in [-0.2, 0) is 11.3 Å². The maximum Gasteiger partial charge on any atom is 0.224 e. The third-order valence-electron chi connectivity index (χ3n) is 3.03. The number of nitrogens with one attached hydrogen (secondary N) is 1. The van der Waals surface area contributed by atoms with Crippen molar-refractivity contribution in [3.8, 4) is 5.75 Å². The summed E-state index contributed by atoms with van der Waals surface area (Å²) in [5, 5.41) is 12.4. The largest absolute Gasteiger partial charge is 0.505 e. The molecule has 1 aromatic heterocycles. The fraction of sp³-hybridized carbons (Fsp3) is 0.286. The van der Waals surface area contributed by atoms with Crippen molar-refractivity contribution in [1.29, 1.82) is 0 Å². The number of nitrogens with zero attached hydrogens (tertiary/aromatic N) is 2. The molecule has 1 amide bonds. The maximum atomic E-state index is 11.8. The van der Waals surface area contributed by atoms with Crippen LogP contribution in [0.3, 0.4) is 0 Å². The number of carbonyl (C=O) groups excluding carboxylic acids is 1. The fourth-order valence-electron chi connectivity index (χ4n) is 1.91. The van der Waals surface area contributed by atoms with Crippen molar-refractivity contribution in [2.24, 2.45) is 0 Å². The molecule has 0 radical (unpaired) electrons. The van der Waals surface area contributed by atoms with E-state index in [1.807, 2.05) is 17.7 Å². The van der Waals surface area contributed by atoms with E-state index >= 15 is 0 Å². The molecule has 0 saturated heterocycles. The Hall–Kier alpha value is -1.72. The number of rotatable bonds is 5. The van der Waals surface area contributed by atoms with E-state index in [2.05, 4.69) is 10.3 Å². The lowest BCUT2D eigenvalue weighted by atomic mass is 10.2. The monoisotopic (exact) mass is 327 g/mol. The van der Waals surface area contributed by atoms with Gasteiger partial charge in [-0.2, -0.15) is 0 Å². The molecule has 2 aromatic rings. The number of aromatic hydroxyl groups is 1. The molecule has 112 valence electrons. The summed E-state index contributed by atoms with van der Waals surface area (Å²) in [5.74, 6) is 0.602. The summed E-state index contributed by atoms with van der Waals surface area (Å²) in [6.45, 7) is 2.65. The molecule has 7 heteroatoms. The molecule has 0 fully saturated rings. The molecule has 0 aliphatic heterocycles. The zero-order valence-electron chi connectivity index (χ0n) is 11.4. The van der Waals surface area contributed by atoms with Gasteiger partial charge in [-0.1, -0.05) is 23.2 Å². The lowest BCUT2D eigenvalue weighted by Gasteiger charge is -2.08. The zero-order chi connectivity index (χ0) is 15.4. The number of benzene rings is 1. The average molecular weight is 328 g/mol. The highest BCUT2D eigenvalue weighted by molar-refractivity contribution is 6.37. The minimum atomic E-state index is -0.188. The number of phenolic OH excluding ortho intramolecular Hbond substituents is 1. The van der Waals surface area contributed by atoms with Crippen LogP contribution in [0.4, 0.5) is 5.69 Å². The van der Waals surface area contributed by atoms with Crippen molar-refractivity contribution in [1.82, 2.24) is 9.55 Å². The molecular weight excluding hydrogens is 313 g/mol. The highest BCUT2D eigenvalue weighted by Crippen LogP contribution is 2.34. The standard InChI is InChI=1S/C14H15Cl2N3O2/c1-9-17-4-6-19(9)5-2-3-13(20)18-10-7-11(15)14(21)12(16)8-10/h4,6-8,21H,2-3,5H2,1H3,(H,18,20). The van der Waals surface area contributed by atoms with E-state index in [-0.39, 0.29) is 21.7 Å². The molecule has 0 bridgehead atoms. The van der Waals surface area contributed by atoms with E-state index in [4.69, 9.17) is 23.2 Å². The first-order chi connectivity index (χ1) is 9.97. The number of aromatic nitrogens is 2. The number of aryl methyl sites for hydroxylation is 2. The van der Waals surface area contributed by atoms with Gasteiger partial charge in [0.05, 0.1) is 10.0 Å². The van der Waals surface area contributed by atoms with Gasteiger partial charge in [0.2, 0.25) is 5.91 Å². The number of anilines is 1. The highest BCUT2D eigenvalue weighted by Gasteiger charge is 2.09. The summed E-state index contributed by atoms with van der Waals surface area (Å²) >= 11 is 11.6. The Balaban J connectivity index is 1.86. The minimum Gasteiger partial charge on any atom is -0.505 e. The molecule has 0 atom stereocenters. The van der Waals surface area contributed by atoms with E-state index in [0.29, 0.717) is 18.5 Å². The molecule has 0 saturated carbocycles. The third-order valence-corrected chi connectivity index (χ3v) is 3.60. The van der Waals surface area contributed by atoms with E-state index in [0.717, 1.165) is 12.4 Å². The number of halogens is 2. The first-order valence-electron chi connectivity index (χ1n) is 6.43. The van der Waals surface area contributed by atoms with Crippen molar-refractivity contribution in [3.05, 3.63) is 40.4 Å². The van der Waals surface area contributed by atoms with Gasteiger partial charge in [-0.25, -0.2) is 4.98 Å². The molecule has 1 aromatic carbocycles. The summed E-state index contributed by atoms with van der Waals surface area (Å²) in [6, 6.07) is 2.92. The van der Waals surface area contributed by atoms with Crippen molar-refractivity contribution in [2.45, 2.75) is 26.3 Å². The number of carbonyl (C=O) groups is 1. The number of imidazole rings is 1. The second kappa shape index (κ2) is 6.83. The van der Waals surface area contributed by atoms with Gasteiger partial charge >= 0.3 is 0 Å². The van der Waals surface area contributed by atoms with E-state index < -0.39 is 0 Å². The van der Waals surface area contributed by atoms with Crippen LogP contribution in [-0.4, -0.2) is 20.6 Å². The molecule has 2 N–H and O–H groups in total. The smallest absolute Gasteiger partial charge is 0.224 e. The van der Waals surface area contributed by atoms with Crippen LogP contribution in [0.5, 0.6) is 5.75 Å². The Morgan fingerprint density at radius 1 is 1.38 bits per heavy atom. The summed E-state index contributed by atoms with van der Waals surface area (Å²) in [4.78, 5) is 16.0. The van der Waals surface area contributed by atoms with E-state index in [1.165, 1.54) is 12.1 Å². The molecule has 0 aliphatic carbocycles. The highest BCUT2D eigenvalue weighted by atomic mass is 35.5. The predicted molar refractivity (Wildman–Crippen MR) is 83.0 cm³/mol. The number of amides is 1. The van der Waals surface area contributed by atoms with Crippen molar-refractivity contribution < 1.29 is 9.90 Å². The normalized spacial score (nSPS) is 10.6. The van der Waals surface area contributed by atoms with Crippen molar-refractivity contribution in [2.75, 3.05) is 5.32 Å². The van der Waals surface area contributed by atoms with Crippen LogP contribution >= 0.6 is 23.2 Å². The second-order valence-electron chi connectivity index (χ2n) is 4.61. The quantitative estimate of drug-likeness (QED) is 0.824. The molecule has 1 heterocycles. The Kier molecular flexibility index (Phi) is 5.09. The molecule has 21 heavy (non-hydrogen) atoms. The summed E-state index contributed by atoms with van der Waals surface area (Å²) in [7, 11) is 0.